The quantitative estimate of drug-likeness (QED) is 0.586. The van der Waals surface area contributed by atoms with Crippen molar-refractivity contribution in [3.8, 4) is 0 Å². The van der Waals surface area contributed by atoms with E-state index < -0.39 is 0 Å². The Morgan fingerprint density at radius 1 is 1.06 bits per heavy atom. The Balaban J connectivity index is 1.38. The molecule has 166 valence electrons. The van der Waals surface area contributed by atoms with Crippen LogP contribution in [-0.2, 0) is 11.2 Å². The SMILES string of the molecule is Cc1occc1C(=O)Nc1nc(CC(=O)Nc2ccccc2C(=O)N2CCCCC2)cs1. The molecule has 0 spiro atoms. The van der Waals surface area contributed by atoms with E-state index in [0.717, 1.165) is 32.4 Å². The lowest BCUT2D eigenvalue weighted by Crippen LogP contribution is -2.36. The summed E-state index contributed by atoms with van der Waals surface area (Å²) in [5.74, 6) is -0.130. The molecule has 1 aliphatic heterocycles. The normalized spacial score (nSPS) is 13.6. The van der Waals surface area contributed by atoms with Crippen molar-refractivity contribution in [3.63, 3.8) is 0 Å². The Hall–Kier alpha value is -3.46. The van der Waals surface area contributed by atoms with Gasteiger partial charge in [-0.25, -0.2) is 4.98 Å². The maximum Gasteiger partial charge on any atom is 0.260 e. The van der Waals surface area contributed by atoms with Gasteiger partial charge in [0.2, 0.25) is 5.91 Å². The van der Waals surface area contributed by atoms with Gasteiger partial charge in [0.15, 0.2) is 5.13 Å². The summed E-state index contributed by atoms with van der Waals surface area (Å²) < 4.78 is 5.15. The van der Waals surface area contributed by atoms with Crippen molar-refractivity contribution in [3.05, 3.63) is 64.6 Å². The highest BCUT2D eigenvalue weighted by molar-refractivity contribution is 7.14. The molecule has 0 aliphatic carbocycles. The number of piperidine rings is 1. The smallest absolute Gasteiger partial charge is 0.260 e. The van der Waals surface area contributed by atoms with Crippen molar-refractivity contribution in [2.75, 3.05) is 23.7 Å². The summed E-state index contributed by atoms with van der Waals surface area (Å²) >= 11 is 1.24. The Kier molecular flexibility index (Phi) is 6.65. The zero-order chi connectivity index (χ0) is 22.5. The number of para-hydroxylation sites is 1. The minimum Gasteiger partial charge on any atom is -0.469 e. The number of anilines is 2. The highest BCUT2D eigenvalue weighted by atomic mass is 32.1. The Labute approximate surface area is 189 Å². The summed E-state index contributed by atoms with van der Waals surface area (Å²) in [5, 5.41) is 7.68. The molecule has 0 atom stereocenters. The first kappa shape index (κ1) is 21.8. The molecule has 1 fully saturated rings. The average Bonchev–Trinajstić information content (AvgIpc) is 3.42. The van der Waals surface area contributed by atoms with Crippen molar-refractivity contribution in [2.24, 2.45) is 0 Å². The maximum absolute atomic E-state index is 12.9. The molecule has 1 saturated heterocycles. The van der Waals surface area contributed by atoms with Crippen LogP contribution in [-0.4, -0.2) is 40.7 Å². The second kappa shape index (κ2) is 9.78. The zero-order valence-corrected chi connectivity index (χ0v) is 18.5. The van der Waals surface area contributed by atoms with E-state index in [9.17, 15) is 14.4 Å². The van der Waals surface area contributed by atoms with E-state index in [1.807, 2.05) is 4.90 Å². The van der Waals surface area contributed by atoms with Crippen LogP contribution in [0.15, 0.2) is 46.4 Å². The number of hydrogen-bond donors (Lipinski definition) is 2. The first-order valence-corrected chi connectivity index (χ1v) is 11.4. The van der Waals surface area contributed by atoms with Crippen molar-refractivity contribution >= 4 is 39.9 Å². The van der Waals surface area contributed by atoms with Gasteiger partial charge in [-0.05, 0) is 44.4 Å². The number of hydrogen-bond acceptors (Lipinski definition) is 6. The number of furan rings is 1. The summed E-state index contributed by atoms with van der Waals surface area (Å²) in [4.78, 5) is 44.0. The molecule has 9 heteroatoms. The fourth-order valence-corrected chi connectivity index (χ4v) is 4.34. The number of benzene rings is 1. The predicted octanol–water partition coefficient (Wildman–Crippen LogP) is 4.10. The lowest BCUT2D eigenvalue weighted by atomic mass is 10.1. The third kappa shape index (κ3) is 5.05. The van der Waals surface area contributed by atoms with Gasteiger partial charge in [-0.15, -0.1) is 11.3 Å². The van der Waals surface area contributed by atoms with Gasteiger partial charge < -0.3 is 14.6 Å². The van der Waals surface area contributed by atoms with Crippen molar-refractivity contribution in [1.82, 2.24) is 9.88 Å². The van der Waals surface area contributed by atoms with Crippen LogP contribution < -0.4 is 10.6 Å². The minimum absolute atomic E-state index is 0.0311. The molecule has 2 N–H and O–H groups in total. The predicted molar refractivity (Wildman–Crippen MR) is 122 cm³/mol. The van der Waals surface area contributed by atoms with E-state index >= 15 is 0 Å². The maximum atomic E-state index is 12.9. The van der Waals surface area contributed by atoms with E-state index in [0.29, 0.717) is 33.4 Å². The number of nitrogens with one attached hydrogen (secondary N) is 2. The second-order valence-electron chi connectivity index (χ2n) is 7.61. The lowest BCUT2D eigenvalue weighted by Gasteiger charge is -2.27. The molecular formula is C23H24N4O4S. The van der Waals surface area contributed by atoms with Crippen molar-refractivity contribution < 1.29 is 18.8 Å². The number of thiazole rings is 1. The van der Waals surface area contributed by atoms with Crippen LogP contribution in [0.2, 0.25) is 0 Å². The van der Waals surface area contributed by atoms with Gasteiger partial charge in [0.05, 0.1) is 35.2 Å². The number of aromatic nitrogens is 1. The summed E-state index contributed by atoms with van der Waals surface area (Å²) in [7, 11) is 0. The van der Waals surface area contributed by atoms with Crippen molar-refractivity contribution in [1.29, 1.82) is 0 Å². The molecule has 0 unspecified atom stereocenters. The number of rotatable bonds is 6. The molecule has 3 heterocycles. The third-order valence-electron chi connectivity index (χ3n) is 5.29. The van der Waals surface area contributed by atoms with Crippen LogP contribution in [0.3, 0.4) is 0 Å². The molecule has 0 bridgehead atoms. The summed E-state index contributed by atoms with van der Waals surface area (Å²) in [6, 6.07) is 8.64. The van der Waals surface area contributed by atoms with Gasteiger partial charge in [-0.1, -0.05) is 12.1 Å². The fourth-order valence-electron chi connectivity index (χ4n) is 3.64. The van der Waals surface area contributed by atoms with Crippen LogP contribution >= 0.6 is 11.3 Å². The Bertz CT molecular complexity index is 1130. The summed E-state index contributed by atoms with van der Waals surface area (Å²) in [6.45, 7) is 3.19. The van der Waals surface area contributed by atoms with Crippen LogP contribution in [0, 0.1) is 6.92 Å². The monoisotopic (exact) mass is 452 g/mol. The third-order valence-corrected chi connectivity index (χ3v) is 6.10. The molecular weight excluding hydrogens is 428 g/mol. The first-order valence-electron chi connectivity index (χ1n) is 10.5. The molecule has 3 aromatic rings. The van der Waals surface area contributed by atoms with E-state index in [1.54, 1.807) is 42.6 Å². The van der Waals surface area contributed by atoms with Gasteiger partial charge in [0.25, 0.3) is 11.8 Å². The van der Waals surface area contributed by atoms with Gasteiger partial charge in [-0.2, -0.15) is 0 Å². The van der Waals surface area contributed by atoms with Gasteiger partial charge >= 0.3 is 0 Å². The molecule has 0 radical (unpaired) electrons. The molecule has 3 amide bonds. The number of likely N-dealkylation sites (tertiary alicyclic amines) is 1. The highest BCUT2D eigenvalue weighted by Gasteiger charge is 2.21. The molecule has 2 aromatic heterocycles. The molecule has 0 saturated carbocycles. The lowest BCUT2D eigenvalue weighted by molar-refractivity contribution is -0.115. The van der Waals surface area contributed by atoms with Crippen LogP contribution in [0.25, 0.3) is 0 Å². The minimum atomic E-state index is -0.313. The number of carbonyl (C=O) groups is 3. The topological polar surface area (TPSA) is 105 Å². The molecule has 1 aliphatic rings. The van der Waals surface area contributed by atoms with E-state index in [-0.39, 0.29) is 24.1 Å². The highest BCUT2D eigenvalue weighted by Crippen LogP contribution is 2.22. The fraction of sp³-hybridized carbons (Fsp3) is 0.304. The van der Waals surface area contributed by atoms with E-state index in [4.69, 9.17) is 4.42 Å². The largest absolute Gasteiger partial charge is 0.469 e. The standard InChI is InChI=1S/C23H24N4O4S/c1-15-17(9-12-31-15)21(29)26-23-24-16(14-32-23)13-20(28)25-19-8-4-3-7-18(19)22(30)27-10-5-2-6-11-27/h3-4,7-9,12,14H,2,5-6,10-11,13H2,1H3,(H,25,28)(H,24,26,29). The molecule has 4 rings (SSSR count). The number of amides is 3. The van der Waals surface area contributed by atoms with E-state index in [1.165, 1.54) is 17.6 Å². The van der Waals surface area contributed by atoms with Crippen LogP contribution in [0.1, 0.15) is 51.4 Å². The Morgan fingerprint density at radius 3 is 2.59 bits per heavy atom. The number of carbonyl (C=O) groups excluding carboxylic acids is 3. The van der Waals surface area contributed by atoms with Gasteiger partial charge in [0.1, 0.15) is 5.76 Å². The van der Waals surface area contributed by atoms with Crippen LogP contribution in [0.4, 0.5) is 10.8 Å². The first-order chi connectivity index (χ1) is 15.5. The number of nitrogens with zero attached hydrogens (tertiary/aromatic N) is 2. The molecule has 8 nitrogen and oxygen atoms in total. The summed E-state index contributed by atoms with van der Waals surface area (Å²) in [5.41, 5.74) is 1.96. The van der Waals surface area contributed by atoms with Gasteiger partial charge in [0, 0.05) is 18.5 Å². The molecule has 32 heavy (non-hydrogen) atoms. The van der Waals surface area contributed by atoms with Crippen LogP contribution in [0.5, 0.6) is 0 Å². The van der Waals surface area contributed by atoms with E-state index in [2.05, 4.69) is 15.6 Å². The summed E-state index contributed by atoms with van der Waals surface area (Å²) in [6.07, 6.45) is 4.63. The van der Waals surface area contributed by atoms with Gasteiger partial charge in [-0.3, -0.25) is 19.7 Å². The second-order valence-corrected chi connectivity index (χ2v) is 8.47. The molecule has 1 aromatic carbocycles. The number of aryl methyl sites for hydroxylation is 1. The van der Waals surface area contributed by atoms with Crippen molar-refractivity contribution in [2.45, 2.75) is 32.6 Å². The Morgan fingerprint density at radius 2 is 1.84 bits per heavy atom. The average molecular weight is 453 g/mol. The zero-order valence-electron chi connectivity index (χ0n) is 17.7.